The minimum Gasteiger partial charge on any atom is -1.00 e. The van der Waals surface area contributed by atoms with Crippen molar-refractivity contribution in [1.29, 1.82) is 0 Å². The molecule has 0 radical (unpaired) electrons. The molecule has 0 aromatic rings. The second-order valence-electron chi connectivity index (χ2n) is 3.36. The van der Waals surface area contributed by atoms with Crippen molar-refractivity contribution in [2.45, 2.75) is 39.4 Å². The van der Waals surface area contributed by atoms with Crippen molar-refractivity contribution in [2.75, 3.05) is 0 Å². The zero-order valence-electron chi connectivity index (χ0n) is 7.58. The van der Waals surface area contributed by atoms with Gasteiger partial charge in [-0.3, -0.25) is 0 Å². The summed E-state index contributed by atoms with van der Waals surface area (Å²) in [6.07, 6.45) is 2.62. The minimum absolute atomic E-state index is 0. The van der Waals surface area contributed by atoms with Gasteiger partial charge in [0.2, 0.25) is 0 Å². The van der Waals surface area contributed by atoms with Gasteiger partial charge < -0.3 is 23.0 Å². The van der Waals surface area contributed by atoms with Crippen LogP contribution in [-0.2, 0) is 0 Å². The number of rotatable bonds is 3. The first-order valence-corrected chi connectivity index (χ1v) is 6.98. The molecular weight excluding hydrogens is 216 g/mol. The Hall–Kier alpha value is 1.46. The molecule has 0 nitrogen and oxygen atoms in total. The summed E-state index contributed by atoms with van der Waals surface area (Å²) in [5, 5.41) is 0. The third-order valence-corrected chi connectivity index (χ3v) is 2.56. The van der Waals surface area contributed by atoms with Crippen LogP contribution in [0, 0.1) is 6.04 Å². The zero-order valence-corrected chi connectivity index (χ0v) is 11.6. The Kier molecular flexibility index (Phi) is 15.0. The summed E-state index contributed by atoms with van der Waals surface area (Å²) in [7, 11) is -0.803. The van der Waals surface area contributed by atoms with Crippen molar-refractivity contribution >= 4 is 31.1 Å². The molecule has 0 N–H and O–H groups in total. The minimum atomic E-state index is -0.803. The van der Waals surface area contributed by atoms with Crippen molar-refractivity contribution in [3.8, 4) is 0 Å². The molecule has 0 aromatic carbocycles. The van der Waals surface area contributed by atoms with Crippen molar-refractivity contribution in [3.63, 3.8) is 0 Å². The van der Waals surface area contributed by atoms with Gasteiger partial charge in [-0.1, -0.05) is 33.0 Å². The van der Waals surface area contributed by atoms with Gasteiger partial charge in [0.05, 0.1) is 0 Å². The second-order valence-corrected chi connectivity index (χ2v) is 8.50. The van der Waals surface area contributed by atoms with E-state index >= 15 is 0 Å². The summed E-state index contributed by atoms with van der Waals surface area (Å²) in [6, 6.07) is 2.51. The molecule has 0 aliphatic heterocycles. The Morgan fingerprint density at radius 3 is 1.70 bits per heavy atom. The van der Waals surface area contributed by atoms with Gasteiger partial charge in [-0.05, 0) is 0 Å². The Morgan fingerprint density at radius 2 is 1.60 bits per heavy atom. The third kappa shape index (κ3) is 16.2. The molecule has 0 aliphatic carbocycles. The molecule has 0 saturated heterocycles. The third-order valence-electron chi connectivity index (χ3n) is 1.05. The van der Waals surface area contributed by atoms with Gasteiger partial charge in [-0.15, -0.1) is 8.07 Å². The van der Waals surface area contributed by atoms with Gasteiger partial charge >= 0.3 is 23.1 Å². The fraction of sp³-hybridized carbons (Fsp3) is 0.857. The van der Waals surface area contributed by atoms with Crippen molar-refractivity contribution in [1.82, 2.24) is 0 Å². The average molecular weight is 234 g/mol. The molecule has 0 aliphatic rings. The maximum absolute atomic E-state index is 2.51. The summed E-state index contributed by atoms with van der Waals surface area (Å²) in [5.74, 6) is 0. The second kappa shape index (κ2) is 8.56. The van der Waals surface area contributed by atoms with Crippen molar-refractivity contribution in [2.24, 2.45) is 0 Å². The van der Waals surface area contributed by atoms with E-state index in [-0.39, 0.29) is 40.0 Å². The molecule has 10 heavy (non-hydrogen) atoms. The van der Waals surface area contributed by atoms with Crippen molar-refractivity contribution < 1.29 is 17.0 Å². The number of hydrogen-bond acceptors (Lipinski definition) is 0. The molecule has 0 fully saturated rings. The summed E-state index contributed by atoms with van der Waals surface area (Å²) >= 11 is 0. The van der Waals surface area contributed by atoms with Gasteiger partial charge in [-0.2, -0.15) is 6.42 Å². The molecular formula is C7H17BrMgSi. The van der Waals surface area contributed by atoms with E-state index in [2.05, 4.69) is 32.6 Å². The summed E-state index contributed by atoms with van der Waals surface area (Å²) in [4.78, 5) is 0. The topological polar surface area (TPSA) is 0 Å². The summed E-state index contributed by atoms with van der Waals surface area (Å²) in [6.45, 7) is 9.37. The first kappa shape index (κ1) is 17.5. The fourth-order valence-corrected chi connectivity index (χ4v) is 1.73. The maximum atomic E-state index is 2.51. The molecule has 0 saturated carbocycles. The van der Waals surface area contributed by atoms with Crippen LogP contribution in [0.25, 0.3) is 0 Å². The Bertz CT molecular complexity index is 61.1. The molecule has 0 unspecified atom stereocenters. The predicted octanol–water partition coefficient (Wildman–Crippen LogP) is -0.509. The first-order valence-electron chi connectivity index (χ1n) is 3.40. The molecule has 0 amide bonds. The molecule has 58 valence electrons. The Labute approximate surface area is 93.1 Å². The number of unbranched alkanes of at least 4 members (excludes halogenated alkanes) is 1. The van der Waals surface area contributed by atoms with Crippen LogP contribution in [0.3, 0.4) is 0 Å². The van der Waals surface area contributed by atoms with E-state index in [0.29, 0.717) is 0 Å². The van der Waals surface area contributed by atoms with E-state index in [1.807, 2.05) is 0 Å². The number of halogens is 1. The van der Waals surface area contributed by atoms with Crippen LogP contribution in [-0.4, -0.2) is 31.1 Å². The molecule has 0 atom stereocenters. The van der Waals surface area contributed by atoms with E-state index < -0.39 is 8.07 Å². The van der Waals surface area contributed by atoms with Gasteiger partial charge in [0, 0.05) is 0 Å². The predicted molar refractivity (Wildman–Crippen MR) is 48.3 cm³/mol. The number of hydrogen-bond donors (Lipinski definition) is 0. The largest absolute Gasteiger partial charge is 2.00 e. The molecule has 0 bridgehead atoms. The van der Waals surface area contributed by atoms with Crippen LogP contribution in [0.2, 0.25) is 19.6 Å². The maximum Gasteiger partial charge on any atom is 2.00 e. The van der Waals surface area contributed by atoms with E-state index in [4.69, 9.17) is 0 Å². The van der Waals surface area contributed by atoms with E-state index in [0.717, 1.165) is 0 Å². The molecule has 3 heteroatoms. The van der Waals surface area contributed by atoms with Gasteiger partial charge in [0.15, 0.2) is 0 Å². The van der Waals surface area contributed by atoms with Gasteiger partial charge in [-0.25, -0.2) is 0 Å². The van der Waals surface area contributed by atoms with E-state index in [1.54, 1.807) is 0 Å². The normalized spacial score (nSPS) is 9.60. The average Bonchev–Trinajstić information content (AvgIpc) is 1.59. The molecule has 0 heterocycles. The summed E-state index contributed by atoms with van der Waals surface area (Å²) < 4.78 is 0. The zero-order chi connectivity index (χ0) is 6.62. The first-order chi connectivity index (χ1) is 3.56. The Balaban J connectivity index is -0.000000245. The SMILES string of the molecule is CCC[CH-][Si](C)(C)C.[Br-].[Mg+2]. The monoisotopic (exact) mass is 232 g/mol. The van der Waals surface area contributed by atoms with Crippen molar-refractivity contribution in [3.05, 3.63) is 6.04 Å². The molecule has 0 rings (SSSR count). The molecule has 0 aromatic heterocycles. The van der Waals surface area contributed by atoms with E-state index in [1.165, 1.54) is 12.8 Å². The van der Waals surface area contributed by atoms with Crippen LogP contribution in [0.5, 0.6) is 0 Å². The van der Waals surface area contributed by atoms with Crippen LogP contribution in [0.15, 0.2) is 0 Å². The van der Waals surface area contributed by atoms with Crippen LogP contribution in [0.1, 0.15) is 19.8 Å². The Morgan fingerprint density at radius 1 is 1.20 bits per heavy atom. The van der Waals surface area contributed by atoms with Gasteiger partial charge in [0.1, 0.15) is 0 Å². The van der Waals surface area contributed by atoms with Crippen LogP contribution < -0.4 is 17.0 Å². The quantitative estimate of drug-likeness (QED) is 0.455. The standard InChI is InChI=1S/C7H17Si.BrH.Mg/c1-5-6-7-8(2,3)4;;/h7H,5-6H2,1-4H3;1H;/q-1;;+2/p-1. The van der Waals surface area contributed by atoms with Crippen LogP contribution >= 0.6 is 0 Å². The fourth-order valence-electron chi connectivity index (χ4n) is 0.577. The summed E-state index contributed by atoms with van der Waals surface area (Å²) in [5.41, 5.74) is 0. The molecule has 0 spiro atoms. The van der Waals surface area contributed by atoms with Crippen LogP contribution in [0.4, 0.5) is 0 Å². The smallest absolute Gasteiger partial charge is 1.00 e. The van der Waals surface area contributed by atoms with E-state index in [9.17, 15) is 0 Å². The van der Waals surface area contributed by atoms with Gasteiger partial charge in [0.25, 0.3) is 0 Å².